The van der Waals surface area contributed by atoms with Gasteiger partial charge in [0.15, 0.2) is 5.78 Å². The Morgan fingerprint density at radius 2 is 1.61 bits per heavy atom. The van der Waals surface area contributed by atoms with E-state index in [-0.39, 0.29) is 43.4 Å². The van der Waals surface area contributed by atoms with Gasteiger partial charge in [0.2, 0.25) is 0 Å². The Bertz CT molecular complexity index is 1570. The standard InChI is InChI=1S/C37H47N5O5S2/c1-26(2)35-39-31(24-48-35)21-42(3)36(44)41-33(23-46-4)34(43)19-29(17-27-11-7-5-8-12-27)15-16-30(18-28-13-9-6-10-14-28)40-37(45)47-22-32-20-38-25-49-32/h5-14,20,24-26,29-30,33H,15-19,21-23H2,1-4H3,(H,40,45)(H,41,44). The highest BCUT2D eigenvalue weighted by Crippen LogP contribution is 2.23. The second kappa shape index (κ2) is 19.8. The largest absolute Gasteiger partial charge is 0.444 e. The predicted octanol–water partition coefficient (Wildman–Crippen LogP) is 7.02. The molecule has 2 aromatic carbocycles. The van der Waals surface area contributed by atoms with Crippen LogP contribution in [0.1, 0.15) is 65.7 Å². The summed E-state index contributed by atoms with van der Waals surface area (Å²) in [7, 11) is 3.21. The third kappa shape index (κ3) is 13.0. The smallest absolute Gasteiger partial charge is 0.407 e. The Kier molecular flexibility index (Phi) is 15.2. The third-order valence-corrected chi connectivity index (χ3v) is 10.0. The summed E-state index contributed by atoms with van der Waals surface area (Å²) in [6.07, 6.45) is 4.03. The van der Waals surface area contributed by atoms with Gasteiger partial charge in [0.1, 0.15) is 12.6 Å². The van der Waals surface area contributed by atoms with Crippen molar-refractivity contribution in [3.8, 4) is 0 Å². The number of ether oxygens (including phenoxy) is 2. The lowest BCUT2D eigenvalue weighted by molar-refractivity contribution is -0.123. The Labute approximate surface area is 297 Å². The first-order valence-electron chi connectivity index (χ1n) is 16.6. The zero-order valence-corrected chi connectivity index (χ0v) is 30.3. The molecule has 4 aromatic rings. The number of rotatable bonds is 19. The van der Waals surface area contributed by atoms with Crippen molar-refractivity contribution in [1.82, 2.24) is 25.5 Å². The molecule has 0 bridgehead atoms. The zero-order chi connectivity index (χ0) is 35.0. The number of benzene rings is 2. The topological polar surface area (TPSA) is 123 Å². The van der Waals surface area contributed by atoms with Crippen molar-refractivity contribution in [3.05, 3.63) is 104 Å². The number of alkyl carbamates (subject to hydrolysis) is 1. The second-order valence-electron chi connectivity index (χ2n) is 12.5. The maximum atomic E-state index is 13.8. The van der Waals surface area contributed by atoms with Gasteiger partial charge in [-0.15, -0.1) is 22.7 Å². The van der Waals surface area contributed by atoms with Gasteiger partial charge < -0.3 is 25.0 Å². The maximum Gasteiger partial charge on any atom is 0.407 e. The van der Waals surface area contributed by atoms with Crippen molar-refractivity contribution in [3.63, 3.8) is 0 Å². The van der Waals surface area contributed by atoms with Gasteiger partial charge in [0.05, 0.1) is 34.2 Å². The number of methoxy groups -OCH3 is 1. The monoisotopic (exact) mass is 705 g/mol. The van der Waals surface area contributed by atoms with Crippen LogP contribution in [0.4, 0.5) is 9.59 Å². The fourth-order valence-corrected chi connectivity index (χ4v) is 6.82. The summed E-state index contributed by atoms with van der Waals surface area (Å²) in [6, 6.07) is 18.7. The summed E-state index contributed by atoms with van der Waals surface area (Å²) in [5.74, 6) is 0.177. The number of thiazole rings is 2. The SMILES string of the molecule is COCC(NC(=O)N(C)Cc1csc(C(C)C)n1)C(=O)CC(CCC(Cc1ccccc1)NC(=O)OCc1cncs1)Cc1ccccc1. The number of nitrogens with one attached hydrogen (secondary N) is 2. The Balaban J connectivity index is 1.42. The molecule has 4 rings (SSSR count). The van der Waals surface area contributed by atoms with Gasteiger partial charge in [-0.1, -0.05) is 74.5 Å². The van der Waals surface area contributed by atoms with Gasteiger partial charge in [-0.25, -0.2) is 14.6 Å². The highest BCUT2D eigenvalue weighted by molar-refractivity contribution is 7.09. The van der Waals surface area contributed by atoms with Crippen LogP contribution in [0.25, 0.3) is 0 Å². The molecule has 3 unspecified atom stereocenters. The molecule has 12 heteroatoms. The predicted molar refractivity (Wildman–Crippen MR) is 194 cm³/mol. The zero-order valence-electron chi connectivity index (χ0n) is 28.7. The molecule has 0 aliphatic heterocycles. The first-order chi connectivity index (χ1) is 23.7. The minimum absolute atomic E-state index is 0.0402. The van der Waals surface area contributed by atoms with E-state index in [2.05, 4.69) is 46.6 Å². The lowest BCUT2D eigenvalue weighted by Crippen LogP contribution is -2.49. The number of hydrogen-bond acceptors (Lipinski definition) is 9. The fraction of sp³-hybridized carbons (Fsp3) is 0.432. The summed E-state index contributed by atoms with van der Waals surface area (Å²) < 4.78 is 10.9. The van der Waals surface area contributed by atoms with Gasteiger partial charge >= 0.3 is 12.1 Å². The van der Waals surface area contributed by atoms with E-state index in [0.717, 1.165) is 26.7 Å². The van der Waals surface area contributed by atoms with Crippen LogP contribution in [0.3, 0.4) is 0 Å². The number of aromatic nitrogens is 2. The molecule has 2 aromatic heterocycles. The minimum atomic E-state index is -0.806. The molecule has 0 saturated heterocycles. The minimum Gasteiger partial charge on any atom is -0.444 e. The molecular weight excluding hydrogens is 659 g/mol. The summed E-state index contributed by atoms with van der Waals surface area (Å²) in [5, 5.41) is 8.94. The Morgan fingerprint density at radius 3 is 2.22 bits per heavy atom. The summed E-state index contributed by atoms with van der Waals surface area (Å²) >= 11 is 3.01. The molecule has 262 valence electrons. The molecule has 0 aliphatic carbocycles. The van der Waals surface area contributed by atoms with Crippen LogP contribution in [-0.4, -0.2) is 65.6 Å². The summed E-state index contributed by atoms with van der Waals surface area (Å²) in [6.45, 7) is 4.73. The van der Waals surface area contributed by atoms with Crippen molar-refractivity contribution >= 4 is 40.6 Å². The first kappa shape index (κ1) is 37.7. The van der Waals surface area contributed by atoms with E-state index in [1.165, 1.54) is 23.3 Å². The quantitative estimate of drug-likeness (QED) is 0.108. The van der Waals surface area contributed by atoms with Gasteiger partial charge in [0.25, 0.3) is 0 Å². The molecule has 3 amide bonds. The van der Waals surface area contributed by atoms with Crippen molar-refractivity contribution in [2.45, 2.75) is 77.1 Å². The number of urea groups is 1. The number of carbonyl (C=O) groups excluding carboxylic acids is 3. The van der Waals surface area contributed by atoms with Crippen molar-refractivity contribution in [2.24, 2.45) is 5.92 Å². The Hall–Kier alpha value is -4.13. The number of hydrogen-bond donors (Lipinski definition) is 2. The average molecular weight is 706 g/mol. The van der Waals surface area contributed by atoms with Gasteiger partial charge in [-0.3, -0.25) is 9.78 Å². The van der Waals surface area contributed by atoms with Crippen LogP contribution in [0.2, 0.25) is 0 Å². The number of ketones is 1. The molecule has 49 heavy (non-hydrogen) atoms. The van der Waals surface area contributed by atoms with Crippen LogP contribution in [-0.2, 0) is 40.3 Å². The normalized spacial score (nSPS) is 13.0. The molecule has 0 radical (unpaired) electrons. The van der Waals surface area contributed by atoms with Gasteiger partial charge in [0, 0.05) is 44.1 Å². The van der Waals surface area contributed by atoms with Crippen LogP contribution in [0, 0.1) is 5.92 Å². The molecule has 2 heterocycles. The van der Waals surface area contributed by atoms with Crippen molar-refractivity contribution in [1.29, 1.82) is 0 Å². The Morgan fingerprint density at radius 1 is 0.918 bits per heavy atom. The van der Waals surface area contributed by atoms with E-state index in [4.69, 9.17) is 9.47 Å². The molecule has 10 nitrogen and oxygen atoms in total. The van der Waals surface area contributed by atoms with E-state index in [1.54, 1.807) is 30.1 Å². The fourth-order valence-electron chi connectivity index (χ4n) is 5.49. The van der Waals surface area contributed by atoms with Gasteiger partial charge in [-0.05, 0) is 42.7 Å². The van der Waals surface area contributed by atoms with E-state index >= 15 is 0 Å². The van der Waals surface area contributed by atoms with Gasteiger partial charge in [-0.2, -0.15) is 0 Å². The van der Waals surface area contributed by atoms with E-state index in [1.807, 2.05) is 53.9 Å². The highest BCUT2D eigenvalue weighted by atomic mass is 32.1. The highest BCUT2D eigenvalue weighted by Gasteiger charge is 2.27. The van der Waals surface area contributed by atoms with Crippen LogP contribution in [0.15, 0.2) is 77.8 Å². The van der Waals surface area contributed by atoms with Crippen LogP contribution in [0.5, 0.6) is 0 Å². The van der Waals surface area contributed by atoms with Crippen molar-refractivity contribution in [2.75, 3.05) is 20.8 Å². The molecule has 0 spiro atoms. The van der Waals surface area contributed by atoms with E-state index in [0.29, 0.717) is 38.1 Å². The number of Topliss-reactive ketones (excluding diaryl/α,β-unsaturated/α-hetero) is 1. The number of amides is 3. The number of nitrogens with zero attached hydrogens (tertiary/aromatic N) is 3. The number of carbonyl (C=O) groups is 3. The maximum absolute atomic E-state index is 13.8. The lowest BCUT2D eigenvalue weighted by atomic mass is 9.86. The summed E-state index contributed by atoms with van der Waals surface area (Å²) in [4.78, 5) is 50.9. The molecule has 0 fully saturated rings. The molecule has 3 atom stereocenters. The van der Waals surface area contributed by atoms with Crippen LogP contribution < -0.4 is 10.6 Å². The first-order valence-corrected chi connectivity index (χ1v) is 18.3. The molecule has 0 saturated carbocycles. The second-order valence-corrected chi connectivity index (χ2v) is 14.4. The third-order valence-electron chi connectivity index (χ3n) is 8.09. The summed E-state index contributed by atoms with van der Waals surface area (Å²) in [5.41, 5.74) is 4.73. The molecular formula is C37H47N5O5S2. The lowest BCUT2D eigenvalue weighted by Gasteiger charge is -2.25. The average Bonchev–Trinajstić information content (AvgIpc) is 3.80. The molecule has 2 N–H and O–H groups in total. The molecule has 0 aliphatic rings. The van der Waals surface area contributed by atoms with E-state index in [9.17, 15) is 14.4 Å². The van der Waals surface area contributed by atoms with Crippen LogP contribution >= 0.6 is 22.7 Å². The van der Waals surface area contributed by atoms with E-state index < -0.39 is 12.1 Å². The van der Waals surface area contributed by atoms with Crippen molar-refractivity contribution < 1.29 is 23.9 Å².